The van der Waals surface area contributed by atoms with Crippen LogP contribution in [0, 0.1) is 13.8 Å². The minimum Gasteiger partial charge on any atom is -0.478 e. The highest BCUT2D eigenvalue weighted by molar-refractivity contribution is 5.90. The normalized spacial score (nSPS) is 9.93. The van der Waals surface area contributed by atoms with E-state index in [-0.39, 0.29) is 0 Å². The van der Waals surface area contributed by atoms with Crippen LogP contribution in [-0.4, -0.2) is 17.6 Å². The van der Waals surface area contributed by atoms with Crippen LogP contribution in [0.5, 0.6) is 0 Å². The van der Waals surface area contributed by atoms with E-state index in [9.17, 15) is 4.79 Å². The molecule has 3 nitrogen and oxygen atoms in total. The van der Waals surface area contributed by atoms with E-state index < -0.39 is 5.97 Å². The third-order valence-electron chi connectivity index (χ3n) is 2.38. The Balaban J connectivity index is 3.19. The highest BCUT2D eigenvalue weighted by atomic mass is 16.4. The molecule has 0 fully saturated rings. The van der Waals surface area contributed by atoms with Gasteiger partial charge >= 0.3 is 5.97 Å². The molecule has 0 aliphatic rings. The number of nitrogens with one attached hydrogen (secondary N) is 1. The van der Waals surface area contributed by atoms with Gasteiger partial charge in [-0.3, -0.25) is 0 Å². The molecule has 1 rings (SSSR count). The summed E-state index contributed by atoms with van der Waals surface area (Å²) in [5.41, 5.74) is 3.22. The summed E-state index contributed by atoms with van der Waals surface area (Å²) in [5, 5.41) is 12.1. The minimum atomic E-state index is -0.867. The summed E-state index contributed by atoms with van der Waals surface area (Å²) in [6, 6.07) is 3.46. The van der Waals surface area contributed by atoms with Crippen LogP contribution in [0.1, 0.15) is 28.4 Å². The predicted octanol–water partition coefficient (Wildman–Crippen LogP) is 2.43. The Kier molecular flexibility index (Phi) is 3.12. The maximum absolute atomic E-state index is 10.8. The van der Waals surface area contributed by atoms with Crippen LogP contribution >= 0.6 is 0 Å². The summed E-state index contributed by atoms with van der Waals surface area (Å²) in [6.45, 7) is 6.62. The fraction of sp³-hybridized carbons (Fsp3) is 0.364. The largest absolute Gasteiger partial charge is 0.478 e. The standard InChI is InChI=1S/C11H15NO2/c1-4-12-10-6-5-9(11(13)14)7(2)8(10)3/h5-6,12H,4H2,1-3H3,(H,13,14). The molecule has 0 aliphatic heterocycles. The summed E-state index contributed by atoms with van der Waals surface area (Å²) < 4.78 is 0. The zero-order chi connectivity index (χ0) is 10.7. The summed E-state index contributed by atoms with van der Waals surface area (Å²) in [7, 11) is 0. The lowest BCUT2D eigenvalue weighted by Gasteiger charge is -2.11. The van der Waals surface area contributed by atoms with E-state index in [2.05, 4.69) is 5.32 Å². The molecule has 1 aromatic rings. The van der Waals surface area contributed by atoms with Crippen molar-refractivity contribution in [3.8, 4) is 0 Å². The van der Waals surface area contributed by atoms with Gasteiger partial charge in [-0.2, -0.15) is 0 Å². The summed E-state index contributed by atoms with van der Waals surface area (Å²) in [6.07, 6.45) is 0. The molecular weight excluding hydrogens is 178 g/mol. The van der Waals surface area contributed by atoms with E-state index in [1.165, 1.54) is 0 Å². The highest BCUT2D eigenvalue weighted by Gasteiger charge is 2.10. The molecule has 0 amide bonds. The number of hydrogen-bond donors (Lipinski definition) is 2. The average Bonchev–Trinajstić information content (AvgIpc) is 2.13. The Morgan fingerprint density at radius 3 is 2.50 bits per heavy atom. The third-order valence-corrected chi connectivity index (χ3v) is 2.38. The number of aromatic carboxylic acids is 1. The van der Waals surface area contributed by atoms with Crippen molar-refractivity contribution < 1.29 is 9.90 Å². The molecule has 76 valence electrons. The molecule has 0 heterocycles. The van der Waals surface area contributed by atoms with Gasteiger partial charge in [0.1, 0.15) is 0 Å². The summed E-state index contributed by atoms with van der Waals surface area (Å²) >= 11 is 0. The second-order valence-corrected chi connectivity index (χ2v) is 3.25. The van der Waals surface area contributed by atoms with Crippen LogP contribution in [0.3, 0.4) is 0 Å². The molecule has 0 radical (unpaired) electrons. The van der Waals surface area contributed by atoms with Gasteiger partial charge in [-0.05, 0) is 44.0 Å². The van der Waals surface area contributed by atoms with E-state index >= 15 is 0 Å². The SMILES string of the molecule is CCNc1ccc(C(=O)O)c(C)c1C. The Labute approximate surface area is 83.8 Å². The summed E-state index contributed by atoms with van der Waals surface area (Å²) in [5.74, 6) is -0.867. The van der Waals surface area contributed by atoms with Crippen LogP contribution < -0.4 is 5.32 Å². The molecule has 2 N–H and O–H groups in total. The molecule has 0 atom stereocenters. The van der Waals surface area contributed by atoms with E-state index in [4.69, 9.17) is 5.11 Å². The zero-order valence-corrected chi connectivity index (χ0v) is 8.72. The van der Waals surface area contributed by atoms with Gasteiger partial charge in [0.15, 0.2) is 0 Å². The first-order valence-electron chi connectivity index (χ1n) is 4.65. The monoisotopic (exact) mass is 193 g/mol. The van der Waals surface area contributed by atoms with Crippen molar-refractivity contribution in [1.29, 1.82) is 0 Å². The Hall–Kier alpha value is -1.51. The maximum Gasteiger partial charge on any atom is 0.335 e. The van der Waals surface area contributed by atoms with Gasteiger partial charge in [0.2, 0.25) is 0 Å². The maximum atomic E-state index is 10.8. The second kappa shape index (κ2) is 4.13. The van der Waals surface area contributed by atoms with Crippen molar-refractivity contribution in [2.45, 2.75) is 20.8 Å². The van der Waals surface area contributed by atoms with E-state index in [0.29, 0.717) is 5.56 Å². The van der Waals surface area contributed by atoms with Crippen molar-refractivity contribution in [1.82, 2.24) is 0 Å². The molecule has 0 unspecified atom stereocenters. The first-order chi connectivity index (χ1) is 6.57. The van der Waals surface area contributed by atoms with Crippen molar-refractivity contribution in [2.75, 3.05) is 11.9 Å². The second-order valence-electron chi connectivity index (χ2n) is 3.25. The number of hydrogen-bond acceptors (Lipinski definition) is 2. The van der Waals surface area contributed by atoms with Gasteiger partial charge in [-0.25, -0.2) is 4.79 Å². The first kappa shape index (κ1) is 10.6. The molecular formula is C11H15NO2. The fourth-order valence-corrected chi connectivity index (χ4v) is 1.43. The van der Waals surface area contributed by atoms with Gasteiger partial charge in [0.05, 0.1) is 5.56 Å². The average molecular weight is 193 g/mol. The van der Waals surface area contributed by atoms with Crippen LogP contribution in [0.15, 0.2) is 12.1 Å². The van der Waals surface area contributed by atoms with E-state index in [0.717, 1.165) is 23.4 Å². The lowest BCUT2D eigenvalue weighted by molar-refractivity contribution is 0.0696. The van der Waals surface area contributed by atoms with Crippen LogP contribution in [0.4, 0.5) is 5.69 Å². The fourth-order valence-electron chi connectivity index (χ4n) is 1.43. The number of carboxylic acid groups (broad SMARTS) is 1. The molecule has 0 saturated carbocycles. The molecule has 3 heteroatoms. The van der Waals surface area contributed by atoms with Crippen molar-refractivity contribution in [3.05, 3.63) is 28.8 Å². The van der Waals surface area contributed by atoms with E-state index in [1.807, 2.05) is 26.8 Å². The smallest absolute Gasteiger partial charge is 0.335 e. The van der Waals surface area contributed by atoms with Crippen molar-refractivity contribution >= 4 is 11.7 Å². The molecule has 0 bridgehead atoms. The Bertz CT molecular complexity index is 359. The quantitative estimate of drug-likeness (QED) is 0.775. The molecule has 0 aliphatic carbocycles. The molecule has 0 saturated heterocycles. The minimum absolute atomic E-state index is 0.379. The van der Waals surface area contributed by atoms with Gasteiger partial charge in [0, 0.05) is 12.2 Å². The number of benzene rings is 1. The van der Waals surface area contributed by atoms with Gasteiger partial charge in [-0.15, -0.1) is 0 Å². The Morgan fingerprint density at radius 2 is 2.00 bits per heavy atom. The lowest BCUT2D eigenvalue weighted by atomic mass is 10.0. The molecule has 0 aromatic heterocycles. The Morgan fingerprint density at radius 1 is 1.36 bits per heavy atom. The first-order valence-corrected chi connectivity index (χ1v) is 4.65. The number of carboxylic acids is 1. The number of carbonyl (C=O) groups is 1. The van der Waals surface area contributed by atoms with Gasteiger partial charge in [0.25, 0.3) is 0 Å². The van der Waals surface area contributed by atoms with Gasteiger partial charge < -0.3 is 10.4 Å². The van der Waals surface area contributed by atoms with Crippen LogP contribution in [-0.2, 0) is 0 Å². The molecule has 14 heavy (non-hydrogen) atoms. The van der Waals surface area contributed by atoms with Crippen molar-refractivity contribution in [2.24, 2.45) is 0 Å². The summed E-state index contributed by atoms with van der Waals surface area (Å²) in [4.78, 5) is 10.8. The molecule has 0 spiro atoms. The zero-order valence-electron chi connectivity index (χ0n) is 8.72. The van der Waals surface area contributed by atoms with Crippen LogP contribution in [0.2, 0.25) is 0 Å². The molecule has 1 aromatic carbocycles. The van der Waals surface area contributed by atoms with E-state index in [1.54, 1.807) is 6.07 Å². The topological polar surface area (TPSA) is 49.3 Å². The van der Waals surface area contributed by atoms with Gasteiger partial charge in [-0.1, -0.05) is 0 Å². The predicted molar refractivity (Wildman–Crippen MR) is 57.0 cm³/mol. The van der Waals surface area contributed by atoms with Crippen LogP contribution in [0.25, 0.3) is 0 Å². The lowest BCUT2D eigenvalue weighted by Crippen LogP contribution is -2.05. The number of rotatable bonds is 3. The number of anilines is 1. The highest BCUT2D eigenvalue weighted by Crippen LogP contribution is 2.21. The van der Waals surface area contributed by atoms with Crippen molar-refractivity contribution in [3.63, 3.8) is 0 Å². The third kappa shape index (κ3) is 1.87.